The number of ether oxygens (including phenoxy) is 2. The molecule has 216 valence electrons. The predicted molar refractivity (Wildman–Crippen MR) is 155 cm³/mol. The Kier molecular flexibility index (Phi) is 8.63. The van der Waals surface area contributed by atoms with Crippen molar-refractivity contribution in [3.8, 4) is 11.1 Å². The van der Waals surface area contributed by atoms with E-state index in [0.717, 1.165) is 27.8 Å². The number of amides is 2. The summed E-state index contributed by atoms with van der Waals surface area (Å²) < 4.78 is 12.8. The van der Waals surface area contributed by atoms with E-state index < -0.39 is 30.1 Å². The topological polar surface area (TPSA) is 132 Å². The minimum absolute atomic E-state index is 0.0479. The number of carbonyl (C=O) groups is 3. The van der Waals surface area contributed by atoms with E-state index in [1.165, 1.54) is 10.9 Å². The summed E-state index contributed by atoms with van der Waals surface area (Å²) in [6.07, 6.45) is -0.125. The van der Waals surface area contributed by atoms with Crippen molar-refractivity contribution >= 4 is 18.0 Å². The van der Waals surface area contributed by atoms with Gasteiger partial charge in [0.1, 0.15) is 6.61 Å². The van der Waals surface area contributed by atoms with Crippen LogP contribution in [0, 0.1) is 0 Å². The van der Waals surface area contributed by atoms with E-state index in [-0.39, 0.29) is 31.2 Å². The zero-order valence-electron chi connectivity index (χ0n) is 23.3. The van der Waals surface area contributed by atoms with Crippen LogP contribution in [-0.2, 0) is 34.5 Å². The van der Waals surface area contributed by atoms with Gasteiger partial charge in [0.25, 0.3) is 5.91 Å². The summed E-state index contributed by atoms with van der Waals surface area (Å²) in [7, 11) is 1.63. The van der Waals surface area contributed by atoms with Gasteiger partial charge in [-0.3, -0.25) is 9.48 Å². The predicted octanol–water partition coefficient (Wildman–Crippen LogP) is 4.25. The van der Waals surface area contributed by atoms with Crippen molar-refractivity contribution in [2.45, 2.75) is 38.1 Å². The quantitative estimate of drug-likeness (QED) is 0.247. The Hall–Kier alpha value is -4.96. The number of hydrogen-bond donors (Lipinski definition) is 3. The molecule has 1 aliphatic carbocycles. The van der Waals surface area contributed by atoms with E-state index in [0.29, 0.717) is 5.69 Å². The highest BCUT2D eigenvalue weighted by Gasteiger charge is 2.31. The van der Waals surface area contributed by atoms with Gasteiger partial charge in [-0.1, -0.05) is 78.9 Å². The second kappa shape index (κ2) is 12.7. The Bertz CT molecular complexity index is 1540. The average Bonchev–Trinajstić information content (AvgIpc) is 3.54. The molecular formula is C32H32N4O6. The molecule has 42 heavy (non-hydrogen) atoms. The standard InChI is InChI=1S/C32H32N4O6/c1-20(41-18-21-10-4-3-5-11-21)29(31(38)39)35-30(37)26-16-34-36(2)28(26)17-33-32(40)42-19-27-24-14-8-6-12-22(24)23-13-7-9-15-25(23)27/h3-16,20,27,29H,17-19H2,1-2H3,(H,33,40)(H,35,37)(H,38,39)/t20-,29+/m0/s1. The normalized spacial score (nSPS) is 13.5. The first kappa shape index (κ1) is 28.6. The van der Waals surface area contributed by atoms with Crippen molar-refractivity contribution in [2.75, 3.05) is 6.61 Å². The summed E-state index contributed by atoms with van der Waals surface area (Å²) in [6, 6.07) is 24.2. The number of fused-ring (bicyclic) bond motifs is 3. The number of alkyl carbamates (subject to hydrolysis) is 1. The van der Waals surface area contributed by atoms with Crippen LogP contribution in [0.5, 0.6) is 0 Å². The largest absolute Gasteiger partial charge is 0.480 e. The van der Waals surface area contributed by atoms with Gasteiger partial charge in [-0.15, -0.1) is 0 Å². The van der Waals surface area contributed by atoms with Crippen LogP contribution in [0.25, 0.3) is 11.1 Å². The number of rotatable bonds is 11. The lowest BCUT2D eigenvalue weighted by Crippen LogP contribution is -2.48. The summed E-state index contributed by atoms with van der Waals surface area (Å²) in [5.74, 6) is -1.96. The highest BCUT2D eigenvalue weighted by atomic mass is 16.5. The van der Waals surface area contributed by atoms with Crippen LogP contribution >= 0.6 is 0 Å². The molecule has 0 fully saturated rings. The Morgan fingerprint density at radius 1 is 0.952 bits per heavy atom. The van der Waals surface area contributed by atoms with Crippen molar-refractivity contribution in [2.24, 2.45) is 7.05 Å². The van der Waals surface area contributed by atoms with Crippen molar-refractivity contribution in [3.63, 3.8) is 0 Å². The number of aryl methyl sites for hydroxylation is 1. The van der Waals surface area contributed by atoms with Gasteiger partial charge >= 0.3 is 12.1 Å². The van der Waals surface area contributed by atoms with Crippen LogP contribution in [0.1, 0.15) is 45.6 Å². The molecule has 5 rings (SSSR count). The zero-order valence-corrected chi connectivity index (χ0v) is 23.3. The fourth-order valence-corrected chi connectivity index (χ4v) is 5.16. The lowest BCUT2D eigenvalue weighted by molar-refractivity contribution is -0.143. The fourth-order valence-electron chi connectivity index (χ4n) is 5.16. The number of carboxylic acids is 1. The lowest BCUT2D eigenvalue weighted by atomic mass is 9.98. The average molecular weight is 569 g/mol. The first-order valence-electron chi connectivity index (χ1n) is 13.6. The monoisotopic (exact) mass is 568 g/mol. The number of carboxylic acid groups (broad SMARTS) is 1. The molecule has 2 atom stereocenters. The van der Waals surface area contributed by atoms with Crippen LogP contribution in [0.2, 0.25) is 0 Å². The summed E-state index contributed by atoms with van der Waals surface area (Å²) in [5, 5.41) is 19.1. The summed E-state index contributed by atoms with van der Waals surface area (Å²) in [5.41, 5.74) is 5.88. The van der Waals surface area contributed by atoms with Gasteiger partial charge in [0, 0.05) is 13.0 Å². The maximum Gasteiger partial charge on any atom is 0.407 e. The van der Waals surface area contributed by atoms with Gasteiger partial charge < -0.3 is 25.2 Å². The van der Waals surface area contributed by atoms with Gasteiger partial charge in [0.05, 0.1) is 36.7 Å². The Balaban J connectivity index is 1.18. The van der Waals surface area contributed by atoms with Gasteiger partial charge in [-0.2, -0.15) is 5.10 Å². The molecule has 1 aromatic heterocycles. The molecular weight excluding hydrogens is 536 g/mol. The Morgan fingerprint density at radius 3 is 2.21 bits per heavy atom. The molecule has 2 amide bonds. The Labute approximate surface area is 243 Å². The number of nitrogens with zero attached hydrogens (tertiary/aromatic N) is 2. The number of aliphatic carboxylic acids is 1. The van der Waals surface area contributed by atoms with Crippen LogP contribution in [0.3, 0.4) is 0 Å². The van der Waals surface area contributed by atoms with E-state index in [1.54, 1.807) is 14.0 Å². The SMILES string of the molecule is C[C@H](OCc1ccccc1)[C@@H](NC(=O)c1cnn(C)c1CNC(=O)OCC1c2ccccc2-c2ccccc21)C(=O)O. The number of benzene rings is 3. The number of hydrogen-bond acceptors (Lipinski definition) is 6. The van der Waals surface area contributed by atoms with E-state index >= 15 is 0 Å². The molecule has 0 spiro atoms. The molecule has 4 aromatic rings. The van der Waals surface area contributed by atoms with Crippen molar-refractivity contribution in [1.29, 1.82) is 0 Å². The minimum Gasteiger partial charge on any atom is -0.480 e. The van der Waals surface area contributed by atoms with Gasteiger partial charge in [-0.05, 0) is 34.7 Å². The minimum atomic E-state index is -1.30. The molecule has 0 aliphatic heterocycles. The number of carbonyl (C=O) groups excluding carboxylic acids is 2. The molecule has 1 aliphatic rings. The zero-order chi connectivity index (χ0) is 29.6. The first-order chi connectivity index (χ1) is 20.3. The lowest BCUT2D eigenvalue weighted by Gasteiger charge is -2.22. The second-order valence-electron chi connectivity index (χ2n) is 10.1. The highest BCUT2D eigenvalue weighted by molar-refractivity contribution is 5.97. The second-order valence-corrected chi connectivity index (χ2v) is 10.1. The highest BCUT2D eigenvalue weighted by Crippen LogP contribution is 2.44. The molecule has 10 nitrogen and oxygen atoms in total. The smallest absolute Gasteiger partial charge is 0.407 e. The van der Waals surface area contributed by atoms with E-state index in [1.807, 2.05) is 66.7 Å². The molecule has 1 heterocycles. The molecule has 0 radical (unpaired) electrons. The van der Waals surface area contributed by atoms with Gasteiger partial charge in [0.15, 0.2) is 6.04 Å². The van der Waals surface area contributed by atoms with E-state index in [9.17, 15) is 19.5 Å². The maximum atomic E-state index is 13.1. The molecule has 3 aromatic carbocycles. The number of aromatic nitrogens is 2. The Morgan fingerprint density at radius 2 is 1.57 bits per heavy atom. The van der Waals surface area contributed by atoms with Gasteiger partial charge in [0.2, 0.25) is 0 Å². The number of nitrogens with one attached hydrogen (secondary N) is 2. The van der Waals surface area contributed by atoms with Crippen molar-refractivity contribution in [1.82, 2.24) is 20.4 Å². The summed E-state index contributed by atoms with van der Waals surface area (Å²) in [6.45, 7) is 1.89. The van der Waals surface area contributed by atoms with E-state index in [2.05, 4.69) is 27.9 Å². The molecule has 10 heteroatoms. The third-order valence-corrected chi connectivity index (χ3v) is 7.43. The van der Waals surface area contributed by atoms with Crippen LogP contribution in [-0.4, -0.2) is 51.6 Å². The van der Waals surface area contributed by atoms with Crippen LogP contribution in [0.4, 0.5) is 4.79 Å². The van der Waals surface area contributed by atoms with Crippen molar-refractivity contribution in [3.05, 3.63) is 113 Å². The van der Waals surface area contributed by atoms with Crippen LogP contribution in [0.15, 0.2) is 85.1 Å². The molecule has 0 unspecified atom stereocenters. The van der Waals surface area contributed by atoms with Crippen molar-refractivity contribution < 1.29 is 29.0 Å². The van der Waals surface area contributed by atoms with E-state index in [4.69, 9.17) is 9.47 Å². The fraction of sp³-hybridized carbons (Fsp3) is 0.250. The first-order valence-corrected chi connectivity index (χ1v) is 13.6. The molecule has 0 saturated heterocycles. The summed E-state index contributed by atoms with van der Waals surface area (Å²) >= 11 is 0. The van der Waals surface area contributed by atoms with Crippen LogP contribution < -0.4 is 10.6 Å². The molecule has 3 N–H and O–H groups in total. The molecule has 0 saturated carbocycles. The maximum absolute atomic E-state index is 13.1. The third-order valence-electron chi connectivity index (χ3n) is 7.43. The molecule has 0 bridgehead atoms. The summed E-state index contributed by atoms with van der Waals surface area (Å²) in [4.78, 5) is 37.8. The third kappa shape index (κ3) is 6.18. The van der Waals surface area contributed by atoms with Gasteiger partial charge in [-0.25, -0.2) is 9.59 Å².